The van der Waals surface area contributed by atoms with E-state index in [-0.39, 0.29) is 5.91 Å². The SMILES string of the molecule is C=CCSCCNCC1CCC(=O)N1. The first-order valence-electron chi connectivity index (χ1n) is 5.01. The van der Waals surface area contributed by atoms with Gasteiger partial charge in [0.05, 0.1) is 0 Å². The Hall–Kier alpha value is -0.480. The topological polar surface area (TPSA) is 41.1 Å². The van der Waals surface area contributed by atoms with Crippen molar-refractivity contribution in [3.8, 4) is 0 Å². The van der Waals surface area contributed by atoms with Crippen LogP contribution in [0, 0.1) is 0 Å². The normalized spacial score (nSPS) is 20.9. The lowest BCUT2D eigenvalue weighted by molar-refractivity contribution is -0.119. The third-order valence-corrected chi connectivity index (χ3v) is 3.10. The van der Waals surface area contributed by atoms with Crippen LogP contribution in [0.5, 0.6) is 0 Å². The average molecular weight is 214 g/mol. The Labute approximate surface area is 89.7 Å². The summed E-state index contributed by atoms with van der Waals surface area (Å²) >= 11 is 1.87. The highest BCUT2D eigenvalue weighted by Crippen LogP contribution is 2.05. The molecule has 0 spiro atoms. The molecular formula is C10H18N2OS. The average Bonchev–Trinajstić information content (AvgIpc) is 2.58. The lowest BCUT2D eigenvalue weighted by Crippen LogP contribution is -2.36. The van der Waals surface area contributed by atoms with Gasteiger partial charge < -0.3 is 10.6 Å². The Bertz CT molecular complexity index is 197. The summed E-state index contributed by atoms with van der Waals surface area (Å²) in [7, 11) is 0. The van der Waals surface area contributed by atoms with Crippen molar-refractivity contribution >= 4 is 17.7 Å². The van der Waals surface area contributed by atoms with Crippen LogP contribution >= 0.6 is 11.8 Å². The molecule has 1 aliphatic rings. The maximum absolute atomic E-state index is 10.9. The second kappa shape index (κ2) is 6.90. The van der Waals surface area contributed by atoms with E-state index in [1.165, 1.54) is 0 Å². The molecule has 4 heteroatoms. The number of nitrogens with one attached hydrogen (secondary N) is 2. The summed E-state index contributed by atoms with van der Waals surface area (Å²) in [5.41, 5.74) is 0. The van der Waals surface area contributed by atoms with E-state index in [1.54, 1.807) is 0 Å². The van der Waals surface area contributed by atoms with Gasteiger partial charge in [-0.2, -0.15) is 11.8 Å². The van der Waals surface area contributed by atoms with Crippen molar-refractivity contribution in [2.45, 2.75) is 18.9 Å². The quantitative estimate of drug-likeness (QED) is 0.486. The molecule has 3 nitrogen and oxygen atoms in total. The number of rotatable bonds is 7. The fourth-order valence-corrected chi connectivity index (χ4v) is 2.04. The van der Waals surface area contributed by atoms with Crippen molar-refractivity contribution in [1.82, 2.24) is 10.6 Å². The van der Waals surface area contributed by atoms with Crippen LogP contribution in [-0.2, 0) is 4.79 Å². The van der Waals surface area contributed by atoms with Crippen LogP contribution in [0.3, 0.4) is 0 Å². The van der Waals surface area contributed by atoms with Crippen molar-refractivity contribution < 1.29 is 4.79 Å². The van der Waals surface area contributed by atoms with Crippen LogP contribution in [0.15, 0.2) is 12.7 Å². The van der Waals surface area contributed by atoms with Gasteiger partial charge in [0, 0.05) is 37.1 Å². The Morgan fingerprint density at radius 1 is 1.71 bits per heavy atom. The highest BCUT2D eigenvalue weighted by Gasteiger charge is 2.19. The minimum absolute atomic E-state index is 0.192. The molecule has 1 amide bonds. The van der Waals surface area contributed by atoms with E-state index in [0.717, 1.165) is 31.0 Å². The zero-order valence-electron chi connectivity index (χ0n) is 8.42. The fourth-order valence-electron chi connectivity index (χ4n) is 1.42. The van der Waals surface area contributed by atoms with Gasteiger partial charge in [0.15, 0.2) is 0 Å². The summed E-state index contributed by atoms with van der Waals surface area (Å²) in [6, 6.07) is 0.354. The van der Waals surface area contributed by atoms with E-state index < -0.39 is 0 Å². The fraction of sp³-hybridized carbons (Fsp3) is 0.700. The Kier molecular flexibility index (Phi) is 5.71. The van der Waals surface area contributed by atoms with Gasteiger partial charge in [-0.1, -0.05) is 6.08 Å². The third kappa shape index (κ3) is 4.67. The number of carbonyl (C=O) groups is 1. The smallest absolute Gasteiger partial charge is 0.220 e. The first-order valence-corrected chi connectivity index (χ1v) is 6.17. The molecule has 1 heterocycles. The molecule has 1 rings (SSSR count). The molecule has 0 saturated carbocycles. The zero-order chi connectivity index (χ0) is 10.2. The standard InChI is InChI=1S/C10H18N2OS/c1-2-6-14-7-5-11-8-9-3-4-10(13)12-9/h2,9,11H,1,3-8H2,(H,12,13). The van der Waals surface area contributed by atoms with Gasteiger partial charge in [0.2, 0.25) is 5.91 Å². The van der Waals surface area contributed by atoms with Crippen molar-refractivity contribution in [3.05, 3.63) is 12.7 Å². The summed E-state index contributed by atoms with van der Waals surface area (Å²) in [6.45, 7) is 5.57. The highest BCUT2D eigenvalue weighted by molar-refractivity contribution is 7.99. The molecule has 1 saturated heterocycles. The Balaban J connectivity index is 1.89. The first-order chi connectivity index (χ1) is 6.83. The number of carbonyl (C=O) groups excluding carboxylic acids is 1. The molecule has 1 atom stereocenters. The van der Waals surface area contributed by atoms with Crippen molar-refractivity contribution in [2.75, 3.05) is 24.6 Å². The van der Waals surface area contributed by atoms with Crippen molar-refractivity contribution in [1.29, 1.82) is 0 Å². The van der Waals surface area contributed by atoms with Gasteiger partial charge in [-0.25, -0.2) is 0 Å². The third-order valence-electron chi connectivity index (χ3n) is 2.13. The van der Waals surface area contributed by atoms with Crippen molar-refractivity contribution in [2.24, 2.45) is 0 Å². The second-order valence-corrected chi connectivity index (χ2v) is 4.52. The molecule has 1 unspecified atom stereocenters. The molecule has 0 aromatic rings. The minimum atomic E-state index is 0.192. The van der Waals surface area contributed by atoms with Gasteiger partial charge in [-0.15, -0.1) is 6.58 Å². The van der Waals surface area contributed by atoms with Crippen molar-refractivity contribution in [3.63, 3.8) is 0 Å². The Morgan fingerprint density at radius 2 is 2.57 bits per heavy atom. The lowest BCUT2D eigenvalue weighted by Gasteiger charge is -2.10. The number of hydrogen-bond donors (Lipinski definition) is 2. The molecular weight excluding hydrogens is 196 g/mol. The molecule has 0 aromatic carbocycles. The maximum Gasteiger partial charge on any atom is 0.220 e. The first kappa shape index (κ1) is 11.6. The summed E-state index contributed by atoms with van der Waals surface area (Å²) < 4.78 is 0. The molecule has 0 aromatic heterocycles. The van der Waals surface area contributed by atoms with Gasteiger partial charge >= 0.3 is 0 Å². The number of hydrogen-bond acceptors (Lipinski definition) is 3. The second-order valence-electron chi connectivity index (χ2n) is 3.37. The van der Waals surface area contributed by atoms with Gasteiger partial charge in [-0.05, 0) is 6.42 Å². The number of thioether (sulfide) groups is 1. The van der Waals surface area contributed by atoms with Crippen LogP contribution in [0.1, 0.15) is 12.8 Å². The molecule has 1 fully saturated rings. The largest absolute Gasteiger partial charge is 0.352 e. The summed E-state index contributed by atoms with van der Waals surface area (Å²) in [4.78, 5) is 10.9. The summed E-state index contributed by atoms with van der Waals surface area (Å²) in [5, 5.41) is 6.27. The van der Waals surface area contributed by atoms with E-state index in [2.05, 4.69) is 17.2 Å². The summed E-state index contributed by atoms with van der Waals surface area (Å²) in [6.07, 6.45) is 3.59. The molecule has 14 heavy (non-hydrogen) atoms. The summed E-state index contributed by atoms with van der Waals surface area (Å²) in [5.74, 6) is 2.31. The minimum Gasteiger partial charge on any atom is -0.352 e. The van der Waals surface area contributed by atoms with Gasteiger partial charge in [0.1, 0.15) is 0 Å². The molecule has 2 N–H and O–H groups in total. The van der Waals surface area contributed by atoms with E-state index in [1.807, 2.05) is 17.8 Å². The molecule has 0 bridgehead atoms. The van der Waals surface area contributed by atoms with Crippen LogP contribution in [0.4, 0.5) is 0 Å². The van der Waals surface area contributed by atoms with E-state index in [0.29, 0.717) is 12.5 Å². The highest BCUT2D eigenvalue weighted by atomic mass is 32.2. The Morgan fingerprint density at radius 3 is 3.21 bits per heavy atom. The van der Waals surface area contributed by atoms with E-state index >= 15 is 0 Å². The van der Waals surface area contributed by atoms with E-state index in [4.69, 9.17) is 0 Å². The van der Waals surface area contributed by atoms with Crippen LogP contribution in [-0.4, -0.2) is 36.5 Å². The monoisotopic (exact) mass is 214 g/mol. The van der Waals surface area contributed by atoms with E-state index in [9.17, 15) is 4.79 Å². The number of amides is 1. The molecule has 80 valence electrons. The van der Waals surface area contributed by atoms with Crippen LogP contribution in [0.25, 0.3) is 0 Å². The molecule has 1 aliphatic heterocycles. The zero-order valence-corrected chi connectivity index (χ0v) is 9.24. The molecule has 0 radical (unpaired) electrons. The lowest BCUT2D eigenvalue weighted by atomic mass is 10.2. The maximum atomic E-state index is 10.9. The van der Waals surface area contributed by atoms with Gasteiger partial charge in [-0.3, -0.25) is 4.79 Å². The van der Waals surface area contributed by atoms with Crippen LogP contribution < -0.4 is 10.6 Å². The van der Waals surface area contributed by atoms with Crippen LogP contribution in [0.2, 0.25) is 0 Å². The predicted molar refractivity (Wildman–Crippen MR) is 61.6 cm³/mol. The molecule has 0 aliphatic carbocycles. The predicted octanol–water partition coefficient (Wildman–Crippen LogP) is 0.774. The van der Waals surface area contributed by atoms with Gasteiger partial charge in [0.25, 0.3) is 0 Å².